The highest BCUT2D eigenvalue weighted by Crippen LogP contribution is 2.29. The Morgan fingerprint density at radius 1 is 0.944 bits per heavy atom. The lowest BCUT2D eigenvalue weighted by molar-refractivity contribution is 0.373. The van der Waals surface area contributed by atoms with Crippen LogP contribution < -0.4 is 5.32 Å². The van der Waals surface area contributed by atoms with Gasteiger partial charge in [0.25, 0.3) is 0 Å². The van der Waals surface area contributed by atoms with Gasteiger partial charge in [-0.05, 0) is 29.9 Å². The van der Waals surface area contributed by atoms with Crippen molar-refractivity contribution in [2.75, 3.05) is 13.1 Å². The summed E-state index contributed by atoms with van der Waals surface area (Å²) in [5.41, 5.74) is 1.49. The van der Waals surface area contributed by atoms with Gasteiger partial charge in [0.05, 0.1) is 0 Å². The lowest BCUT2D eigenvalue weighted by atomic mass is 9.82. The molecule has 1 unspecified atom stereocenters. The maximum Gasteiger partial charge on any atom is 0.00229 e. The molecule has 18 heavy (non-hydrogen) atoms. The molecule has 102 valence electrons. The van der Waals surface area contributed by atoms with Gasteiger partial charge >= 0.3 is 0 Å². The van der Waals surface area contributed by atoms with E-state index in [0.29, 0.717) is 5.92 Å². The van der Waals surface area contributed by atoms with E-state index < -0.39 is 0 Å². The molecule has 0 aliphatic heterocycles. The molecule has 0 aliphatic carbocycles. The zero-order chi connectivity index (χ0) is 13.4. The summed E-state index contributed by atoms with van der Waals surface area (Å²) in [6.07, 6.45) is 2.53. The molecule has 1 heteroatoms. The van der Waals surface area contributed by atoms with Crippen LogP contribution in [0.5, 0.6) is 0 Å². The van der Waals surface area contributed by atoms with Crippen LogP contribution in [0.15, 0.2) is 30.3 Å². The summed E-state index contributed by atoms with van der Waals surface area (Å²) in [4.78, 5) is 0. The fourth-order valence-electron chi connectivity index (χ4n) is 2.64. The highest BCUT2D eigenvalue weighted by Gasteiger charge is 2.19. The SMILES string of the molecule is CCC(CC)C(CNCC(C)C)c1ccccc1. The van der Waals surface area contributed by atoms with Crippen LogP contribution in [0.1, 0.15) is 52.0 Å². The number of benzene rings is 1. The zero-order valence-electron chi connectivity index (χ0n) is 12.4. The molecule has 1 atom stereocenters. The average Bonchev–Trinajstić information content (AvgIpc) is 2.39. The van der Waals surface area contributed by atoms with Crippen LogP contribution in [-0.4, -0.2) is 13.1 Å². The Labute approximate surface area is 113 Å². The number of hydrogen-bond acceptors (Lipinski definition) is 1. The van der Waals surface area contributed by atoms with Gasteiger partial charge in [-0.1, -0.05) is 70.9 Å². The topological polar surface area (TPSA) is 12.0 Å². The van der Waals surface area contributed by atoms with E-state index in [1.54, 1.807) is 0 Å². The molecule has 0 heterocycles. The van der Waals surface area contributed by atoms with Crippen LogP contribution in [0.2, 0.25) is 0 Å². The molecule has 1 aromatic rings. The summed E-state index contributed by atoms with van der Waals surface area (Å²) in [7, 11) is 0. The molecular formula is C17H29N. The monoisotopic (exact) mass is 247 g/mol. The molecule has 1 nitrogen and oxygen atoms in total. The molecule has 0 aromatic heterocycles. The summed E-state index contributed by atoms with van der Waals surface area (Å²) >= 11 is 0. The van der Waals surface area contributed by atoms with Gasteiger partial charge < -0.3 is 5.32 Å². The van der Waals surface area contributed by atoms with E-state index in [1.165, 1.54) is 18.4 Å². The van der Waals surface area contributed by atoms with Gasteiger partial charge in [0, 0.05) is 6.54 Å². The van der Waals surface area contributed by atoms with Crippen molar-refractivity contribution < 1.29 is 0 Å². The Kier molecular flexibility index (Phi) is 7.04. The molecule has 1 aromatic carbocycles. The first-order chi connectivity index (χ1) is 8.69. The van der Waals surface area contributed by atoms with Crippen LogP contribution in [-0.2, 0) is 0 Å². The Bertz CT molecular complexity index is 301. The average molecular weight is 247 g/mol. The van der Waals surface area contributed by atoms with Crippen molar-refractivity contribution in [3.05, 3.63) is 35.9 Å². The maximum absolute atomic E-state index is 3.63. The van der Waals surface area contributed by atoms with E-state index >= 15 is 0 Å². The molecule has 0 fully saturated rings. The Morgan fingerprint density at radius 3 is 2.06 bits per heavy atom. The van der Waals surface area contributed by atoms with Crippen molar-refractivity contribution in [2.24, 2.45) is 11.8 Å². The van der Waals surface area contributed by atoms with E-state index in [0.717, 1.165) is 24.9 Å². The largest absolute Gasteiger partial charge is 0.316 e. The normalized spacial score (nSPS) is 13.2. The fraction of sp³-hybridized carbons (Fsp3) is 0.647. The zero-order valence-corrected chi connectivity index (χ0v) is 12.4. The van der Waals surface area contributed by atoms with Crippen LogP contribution in [0.3, 0.4) is 0 Å². The molecule has 0 spiro atoms. The smallest absolute Gasteiger partial charge is 0.00229 e. The molecule has 0 bridgehead atoms. The van der Waals surface area contributed by atoms with Crippen molar-refractivity contribution in [1.82, 2.24) is 5.32 Å². The van der Waals surface area contributed by atoms with Gasteiger partial charge in [-0.3, -0.25) is 0 Å². The molecule has 0 radical (unpaired) electrons. The molecular weight excluding hydrogens is 218 g/mol. The van der Waals surface area contributed by atoms with Gasteiger partial charge in [-0.15, -0.1) is 0 Å². The highest BCUT2D eigenvalue weighted by molar-refractivity contribution is 5.20. The van der Waals surface area contributed by atoms with Crippen molar-refractivity contribution >= 4 is 0 Å². The van der Waals surface area contributed by atoms with E-state index in [9.17, 15) is 0 Å². The van der Waals surface area contributed by atoms with Gasteiger partial charge in [0.15, 0.2) is 0 Å². The predicted octanol–water partition coefficient (Wildman–Crippen LogP) is 4.45. The second-order valence-electron chi connectivity index (χ2n) is 5.65. The maximum atomic E-state index is 3.63. The first-order valence-corrected chi connectivity index (χ1v) is 7.44. The van der Waals surface area contributed by atoms with Crippen molar-refractivity contribution in [3.8, 4) is 0 Å². The molecule has 1 N–H and O–H groups in total. The molecule has 0 saturated carbocycles. The van der Waals surface area contributed by atoms with E-state index in [1.807, 2.05) is 0 Å². The third-order valence-corrected chi connectivity index (χ3v) is 3.76. The fourth-order valence-corrected chi connectivity index (χ4v) is 2.64. The van der Waals surface area contributed by atoms with Crippen LogP contribution in [0.25, 0.3) is 0 Å². The number of hydrogen-bond donors (Lipinski definition) is 1. The minimum absolute atomic E-state index is 0.653. The van der Waals surface area contributed by atoms with Gasteiger partial charge in [0.1, 0.15) is 0 Å². The standard InChI is InChI=1S/C17H29N/c1-5-15(6-2)17(13-18-12-14(3)4)16-10-8-7-9-11-16/h7-11,14-15,17-18H,5-6,12-13H2,1-4H3. The molecule has 0 saturated heterocycles. The summed E-state index contributed by atoms with van der Waals surface area (Å²) in [6, 6.07) is 11.0. The Balaban J connectivity index is 2.69. The quantitative estimate of drug-likeness (QED) is 0.715. The lowest BCUT2D eigenvalue weighted by Crippen LogP contribution is -2.29. The second kappa shape index (κ2) is 8.31. The Hall–Kier alpha value is -0.820. The molecule has 0 aliphatic rings. The minimum atomic E-state index is 0.653. The van der Waals surface area contributed by atoms with Gasteiger partial charge in [-0.25, -0.2) is 0 Å². The van der Waals surface area contributed by atoms with E-state index in [4.69, 9.17) is 0 Å². The summed E-state index contributed by atoms with van der Waals surface area (Å²) < 4.78 is 0. The first-order valence-electron chi connectivity index (χ1n) is 7.44. The minimum Gasteiger partial charge on any atom is -0.316 e. The summed E-state index contributed by atoms with van der Waals surface area (Å²) in [5, 5.41) is 3.63. The van der Waals surface area contributed by atoms with E-state index in [-0.39, 0.29) is 0 Å². The summed E-state index contributed by atoms with van der Waals surface area (Å²) in [5.74, 6) is 2.16. The van der Waals surface area contributed by atoms with Crippen LogP contribution in [0.4, 0.5) is 0 Å². The molecule has 1 rings (SSSR count). The number of rotatable bonds is 8. The predicted molar refractivity (Wildman–Crippen MR) is 81.0 cm³/mol. The van der Waals surface area contributed by atoms with E-state index in [2.05, 4.69) is 63.3 Å². The van der Waals surface area contributed by atoms with Crippen molar-refractivity contribution in [3.63, 3.8) is 0 Å². The molecule has 0 amide bonds. The van der Waals surface area contributed by atoms with Gasteiger partial charge in [0.2, 0.25) is 0 Å². The number of nitrogens with one attached hydrogen (secondary N) is 1. The van der Waals surface area contributed by atoms with Crippen molar-refractivity contribution in [2.45, 2.75) is 46.5 Å². The summed E-state index contributed by atoms with van der Waals surface area (Å²) in [6.45, 7) is 11.4. The highest BCUT2D eigenvalue weighted by atomic mass is 14.9. The third kappa shape index (κ3) is 4.81. The van der Waals surface area contributed by atoms with Crippen LogP contribution >= 0.6 is 0 Å². The van der Waals surface area contributed by atoms with Crippen LogP contribution in [0, 0.1) is 11.8 Å². The lowest BCUT2D eigenvalue weighted by Gasteiger charge is -2.26. The third-order valence-electron chi connectivity index (χ3n) is 3.76. The Morgan fingerprint density at radius 2 is 1.56 bits per heavy atom. The van der Waals surface area contributed by atoms with Gasteiger partial charge in [-0.2, -0.15) is 0 Å². The van der Waals surface area contributed by atoms with Crippen molar-refractivity contribution in [1.29, 1.82) is 0 Å². The first kappa shape index (κ1) is 15.2. The second-order valence-corrected chi connectivity index (χ2v) is 5.65.